The third kappa shape index (κ3) is 7.20. The molecule has 0 saturated carbocycles. The lowest BCUT2D eigenvalue weighted by atomic mass is 10.3. The van der Waals surface area contributed by atoms with E-state index < -0.39 is 0 Å². The quantitative estimate of drug-likeness (QED) is 0.254. The predicted octanol–water partition coefficient (Wildman–Crippen LogP) is 2.59. The Morgan fingerprint density at radius 2 is 1.96 bits per heavy atom. The molecule has 0 atom stereocenters. The number of rotatable bonds is 9. The second-order valence-corrected chi connectivity index (χ2v) is 5.35. The summed E-state index contributed by atoms with van der Waals surface area (Å²) in [5, 5.41) is 11.1. The number of aromatic nitrogens is 2. The van der Waals surface area contributed by atoms with Gasteiger partial charge < -0.3 is 20.1 Å². The molecule has 0 bridgehead atoms. The van der Waals surface area contributed by atoms with Gasteiger partial charge in [0, 0.05) is 33.0 Å². The highest BCUT2D eigenvalue weighted by Crippen LogP contribution is 2.14. The second-order valence-electron chi connectivity index (χ2n) is 5.35. The van der Waals surface area contributed by atoms with Crippen molar-refractivity contribution in [3.05, 3.63) is 42.2 Å². The minimum absolute atomic E-state index is 0. The zero-order valence-corrected chi connectivity index (χ0v) is 17.9. The van der Waals surface area contributed by atoms with E-state index in [1.54, 1.807) is 14.2 Å². The third-order valence-corrected chi connectivity index (χ3v) is 3.60. The first-order valence-corrected chi connectivity index (χ1v) is 8.48. The van der Waals surface area contributed by atoms with Gasteiger partial charge in [0.15, 0.2) is 5.96 Å². The van der Waals surface area contributed by atoms with Gasteiger partial charge in [0.2, 0.25) is 0 Å². The second kappa shape index (κ2) is 12.5. The number of aliphatic imine (C=N–C) groups is 1. The highest BCUT2D eigenvalue weighted by molar-refractivity contribution is 14.0. The number of guanidine groups is 1. The number of nitrogens with zero attached hydrogens (tertiary/aromatic N) is 3. The first kappa shape index (κ1) is 22.2. The summed E-state index contributed by atoms with van der Waals surface area (Å²) in [6, 6.07) is 9.77. The van der Waals surface area contributed by atoms with E-state index in [-0.39, 0.29) is 24.0 Å². The Bertz CT molecular complexity index is 658. The Balaban J connectivity index is 0.00000338. The van der Waals surface area contributed by atoms with Gasteiger partial charge in [-0.2, -0.15) is 5.10 Å². The molecule has 1 aromatic heterocycles. The largest absolute Gasteiger partial charge is 0.497 e. The van der Waals surface area contributed by atoms with E-state index in [1.165, 1.54) is 0 Å². The van der Waals surface area contributed by atoms with Crippen LogP contribution in [0.15, 0.2) is 41.5 Å². The molecule has 0 fully saturated rings. The zero-order valence-electron chi connectivity index (χ0n) is 15.6. The van der Waals surface area contributed by atoms with Crippen LogP contribution >= 0.6 is 24.0 Å². The van der Waals surface area contributed by atoms with Crippen molar-refractivity contribution in [3.8, 4) is 11.4 Å². The van der Waals surface area contributed by atoms with Gasteiger partial charge in [-0.3, -0.25) is 4.99 Å². The number of halogens is 1. The minimum atomic E-state index is 0. The van der Waals surface area contributed by atoms with Crippen LogP contribution in [-0.4, -0.2) is 49.7 Å². The van der Waals surface area contributed by atoms with Gasteiger partial charge in [0.25, 0.3) is 0 Å². The van der Waals surface area contributed by atoms with E-state index in [0.717, 1.165) is 49.3 Å². The number of nitrogens with one attached hydrogen (secondary N) is 2. The average Bonchev–Trinajstić information content (AvgIpc) is 3.13. The molecule has 0 amide bonds. The summed E-state index contributed by atoms with van der Waals surface area (Å²) in [5.74, 6) is 1.59. The van der Waals surface area contributed by atoms with E-state index in [4.69, 9.17) is 9.47 Å². The van der Waals surface area contributed by atoms with E-state index >= 15 is 0 Å². The molecule has 8 heteroatoms. The maximum Gasteiger partial charge on any atom is 0.191 e. The van der Waals surface area contributed by atoms with Gasteiger partial charge >= 0.3 is 0 Å². The fourth-order valence-corrected chi connectivity index (χ4v) is 2.25. The molecular weight excluding hydrogens is 445 g/mol. The highest BCUT2D eigenvalue weighted by atomic mass is 127. The molecule has 2 aromatic rings. The lowest BCUT2D eigenvalue weighted by molar-refractivity contribution is 0.145. The third-order valence-electron chi connectivity index (χ3n) is 3.60. The van der Waals surface area contributed by atoms with Gasteiger partial charge in [-0.05, 0) is 43.7 Å². The number of hydrogen-bond acceptors (Lipinski definition) is 4. The van der Waals surface area contributed by atoms with Crippen LogP contribution in [0.1, 0.15) is 19.0 Å². The molecule has 0 saturated heterocycles. The Morgan fingerprint density at radius 1 is 1.19 bits per heavy atom. The average molecular weight is 473 g/mol. The molecule has 7 nitrogen and oxygen atoms in total. The van der Waals surface area contributed by atoms with Crippen LogP contribution in [0.2, 0.25) is 0 Å². The number of methoxy groups -OCH3 is 1. The monoisotopic (exact) mass is 473 g/mol. The Morgan fingerprint density at radius 3 is 2.62 bits per heavy atom. The van der Waals surface area contributed by atoms with Gasteiger partial charge in [0.05, 0.1) is 25.0 Å². The topological polar surface area (TPSA) is 72.7 Å². The molecular formula is C18H28IN5O2. The Hall–Kier alpha value is -1.81. The number of hydrogen-bond donors (Lipinski definition) is 2. The van der Waals surface area contributed by atoms with Crippen molar-refractivity contribution in [1.82, 2.24) is 20.4 Å². The van der Waals surface area contributed by atoms with Crippen LogP contribution in [0.4, 0.5) is 0 Å². The van der Waals surface area contributed by atoms with Crippen LogP contribution in [0.3, 0.4) is 0 Å². The van der Waals surface area contributed by atoms with Crippen molar-refractivity contribution < 1.29 is 9.47 Å². The molecule has 0 spiro atoms. The van der Waals surface area contributed by atoms with Crippen LogP contribution in [0.25, 0.3) is 5.69 Å². The predicted molar refractivity (Wildman–Crippen MR) is 115 cm³/mol. The van der Waals surface area contributed by atoms with Crippen molar-refractivity contribution >= 4 is 29.9 Å². The molecule has 0 radical (unpaired) electrons. The lowest BCUT2D eigenvalue weighted by Crippen LogP contribution is -2.37. The maximum atomic E-state index is 5.32. The summed E-state index contributed by atoms with van der Waals surface area (Å²) in [4.78, 5) is 4.21. The lowest BCUT2D eigenvalue weighted by Gasteiger charge is -2.10. The molecule has 0 aliphatic rings. The summed E-state index contributed by atoms with van der Waals surface area (Å²) in [6.07, 6.45) is 2.89. The summed E-state index contributed by atoms with van der Waals surface area (Å²) >= 11 is 0. The molecule has 0 aliphatic heterocycles. The Labute approximate surface area is 172 Å². The smallest absolute Gasteiger partial charge is 0.191 e. The normalized spacial score (nSPS) is 11.0. The summed E-state index contributed by atoms with van der Waals surface area (Å²) < 4.78 is 12.3. The maximum absolute atomic E-state index is 5.32. The molecule has 1 heterocycles. The summed E-state index contributed by atoms with van der Waals surface area (Å²) in [5.41, 5.74) is 1.93. The molecule has 0 unspecified atom stereocenters. The summed E-state index contributed by atoms with van der Waals surface area (Å²) in [6.45, 7) is 4.93. The van der Waals surface area contributed by atoms with Gasteiger partial charge in [-0.1, -0.05) is 0 Å². The van der Waals surface area contributed by atoms with E-state index in [2.05, 4.69) is 20.7 Å². The Kier molecular flexibility index (Phi) is 10.7. The molecule has 2 N–H and O–H groups in total. The van der Waals surface area contributed by atoms with Crippen molar-refractivity contribution in [2.75, 3.05) is 33.9 Å². The van der Waals surface area contributed by atoms with E-state index in [1.807, 2.05) is 48.1 Å². The molecule has 2 rings (SSSR count). The fourth-order valence-electron chi connectivity index (χ4n) is 2.25. The fraction of sp³-hybridized carbons (Fsp3) is 0.444. The standard InChI is InChI=1S/C18H27N5O2.HI/c1-4-25-13-5-11-20-18(19-2)21-14-15-10-12-23(22-15)16-6-8-17(24-3)9-7-16;/h6-10,12H,4-5,11,13-14H2,1-3H3,(H2,19,20,21);1H. The highest BCUT2D eigenvalue weighted by Gasteiger charge is 2.03. The number of ether oxygens (including phenoxy) is 2. The van der Waals surface area contributed by atoms with Crippen LogP contribution in [-0.2, 0) is 11.3 Å². The van der Waals surface area contributed by atoms with E-state index in [0.29, 0.717) is 6.54 Å². The zero-order chi connectivity index (χ0) is 17.9. The van der Waals surface area contributed by atoms with Crippen molar-refractivity contribution in [2.24, 2.45) is 4.99 Å². The van der Waals surface area contributed by atoms with Crippen molar-refractivity contribution in [2.45, 2.75) is 19.9 Å². The van der Waals surface area contributed by atoms with Gasteiger partial charge in [-0.25, -0.2) is 4.68 Å². The van der Waals surface area contributed by atoms with E-state index in [9.17, 15) is 0 Å². The molecule has 144 valence electrons. The molecule has 26 heavy (non-hydrogen) atoms. The first-order valence-electron chi connectivity index (χ1n) is 8.48. The number of benzene rings is 1. The van der Waals surface area contributed by atoms with Crippen LogP contribution in [0.5, 0.6) is 5.75 Å². The van der Waals surface area contributed by atoms with Crippen molar-refractivity contribution in [1.29, 1.82) is 0 Å². The van der Waals surface area contributed by atoms with Gasteiger partial charge in [-0.15, -0.1) is 24.0 Å². The van der Waals surface area contributed by atoms with Crippen LogP contribution < -0.4 is 15.4 Å². The van der Waals surface area contributed by atoms with Crippen molar-refractivity contribution in [3.63, 3.8) is 0 Å². The molecule has 0 aliphatic carbocycles. The first-order chi connectivity index (χ1) is 12.3. The van der Waals surface area contributed by atoms with Crippen LogP contribution in [0, 0.1) is 0 Å². The minimum Gasteiger partial charge on any atom is -0.497 e. The molecule has 1 aromatic carbocycles. The summed E-state index contributed by atoms with van der Waals surface area (Å²) in [7, 11) is 3.41. The SMILES string of the molecule is CCOCCCNC(=NC)NCc1ccn(-c2ccc(OC)cc2)n1.I. The van der Waals surface area contributed by atoms with Gasteiger partial charge in [0.1, 0.15) is 5.75 Å².